The Morgan fingerprint density at radius 2 is 1.94 bits per heavy atom. The summed E-state index contributed by atoms with van der Waals surface area (Å²) in [6.07, 6.45) is 8.62. The third-order valence-corrected chi connectivity index (χ3v) is 4.77. The lowest BCUT2D eigenvalue weighted by molar-refractivity contribution is 0.0825. The number of halogens is 1. The van der Waals surface area contributed by atoms with Gasteiger partial charge in [-0.1, -0.05) is 13.3 Å². The maximum atomic E-state index is 3.76. The zero-order valence-corrected chi connectivity index (χ0v) is 11.2. The molecule has 0 aromatic carbocycles. The van der Waals surface area contributed by atoms with E-state index in [2.05, 4.69) is 17.1 Å². The van der Waals surface area contributed by atoms with Crippen molar-refractivity contribution in [1.29, 1.82) is 0 Å². The molecule has 1 aliphatic carbocycles. The molecule has 1 N–H and O–H groups in total. The van der Waals surface area contributed by atoms with E-state index in [1.807, 2.05) is 0 Å². The zero-order chi connectivity index (χ0) is 10.3. The quantitative estimate of drug-likeness (QED) is 0.803. The maximum absolute atomic E-state index is 3.76. The zero-order valence-electron chi connectivity index (χ0n) is 10.4. The van der Waals surface area contributed by atoms with Crippen LogP contribution in [-0.2, 0) is 0 Å². The molecule has 16 heavy (non-hydrogen) atoms. The summed E-state index contributed by atoms with van der Waals surface area (Å²) in [5, 5.41) is 3.76. The number of rotatable bonds is 2. The van der Waals surface area contributed by atoms with Gasteiger partial charge in [-0.05, 0) is 44.1 Å². The van der Waals surface area contributed by atoms with Crippen molar-refractivity contribution in [2.24, 2.45) is 5.41 Å². The molecule has 2 atom stereocenters. The second-order valence-electron chi connectivity index (χ2n) is 6.33. The topological polar surface area (TPSA) is 15.3 Å². The Morgan fingerprint density at radius 1 is 1.19 bits per heavy atom. The summed E-state index contributed by atoms with van der Waals surface area (Å²) in [5.74, 6) is 0. The van der Waals surface area contributed by atoms with Gasteiger partial charge in [0.2, 0.25) is 0 Å². The van der Waals surface area contributed by atoms with E-state index < -0.39 is 0 Å². The fourth-order valence-electron chi connectivity index (χ4n) is 3.64. The Balaban J connectivity index is 0.000000963. The third kappa shape index (κ3) is 2.55. The SMILES string of the molecule is CC1(CN2CCC3CCC(C2)N3)CCC1.Cl. The first-order valence-corrected chi connectivity index (χ1v) is 6.72. The van der Waals surface area contributed by atoms with E-state index in [4.69, 9.17) is 0 Å². The van der Waals surface area contributed by atoms with Crippen molar-refractivity contribution in [2.75, 3.05) is 19.6 Å². The van der Waals surface area contributed by atoms with Crippen LogP contribution in [-0.4, -0.2) is 36.6 Å². The van der Waals surface area contributed by atoms with Crippen LogP contribution in [0.3, 0.4) is 0 Å². The molecule has 1 saturated carbocycles. The lowest BCUT2D eigenvalue weighted by Gasteiger charge is -2.42. The van der Waals surface area contributed by atoms with Gasteiger partial charge in [0.1, 0.15) is 0 Å². The predicted molar refractivity (Wildman–Crippen MR) is 70.2 cm³/mol. The molecule has 2 nitrogen and oxygen atoms in total. The molecule has 0 amide bonds. The van der Waals surface area contributed by atoms with Crippen LogP contribution in [0.5, 0.6) is 0 Å². The van der Waals surface area contributed by atoms with E-state index >= 15 is 0 Å². The summed E-state index contributed by atoms with van der Waals surface area (Å²) in [5.41, 5.74) is 0.670. The highest BCUT2D eigenvalue weighted by atomic mass is 35.5. The number of hydrogen-bond acceptors (Lipinski definition) is 2. The minimum absolute atomic E-state index is 0. The number of likely N-dealkylation sites (tertiary alicyclic amines) is 1. The van der Waals surface area contributed by atoms with Crippen molar-refractivity contribution in [2.45, 2.75) is 57.5 Å². The molecular formula is C13H25ClN2. The van der Waals surface area contributed by atoms with Crippen molar-refractivity contribution in [3.05, 3.63) is 0 Å². The van der Waals surface area contributed by atoms with Gasteiger partial charge in [-0.2, -0.15) is 0 Å². The van der Waals surface area contributed by atoms with Crippen LogP contribution < -0.4 is 5.32 Å². The second kappa shape index (κ2) is 4.83. The Hall–Kier alpha value is 0.210. The molecule has 0 aromatic heterocycles. The lowest BCUT2D eigenvalue weighted by atomic mass is 9.70. The van der Waals surface area contributed by atoms with Gasteiger partial charge in [0.25, 0.3) is 0 Å². The molecule has 3 aliphatic rings. The van der Waals surface area contributed by atoms with Crippen LogP contribution in [0.15, 0.2) is 0 Å². The first kappa shape index (κ1) is 12.7. The van der Waals surface area contributed by atoms with E-state index in [1.165, 1.54) is 58.2 Å². The van der Waals surface area contributed by atoms with Crippen LogP contribution in [0.2, 0.25) is 0 Å². The van der Waals surface area contributed by atoms with Gasteiger partial charge in [-0.3, -0.25) is 0 Å². The summed E-state index contributed by atoms with van der Waals surface area (Å²) in [6.45, 7) is 6.49. The highest BCUT2D eigenvalue weighted by Crippen LogP contribution is 2.41. The van der Waals surface area contributed by atoms with Gasteiger partial charge in [0.05, 0.1) is 0 Å². The standard InChI is InChI=1S/C13H24N2.ClH/c1-13(6-2-7-13)10-15-8-5-11-3-4-12(9-15)14-11;/h11-12,14H,2-10H2,1H3;1H. The fraction of sp³-hybridized carbons (Fsp3) is 1.00. The molecule has 3 rings (SSSR count). The molecule has 2 unspecified atom stereocenters. The molecule has 94 valence electrons. The normalized spacial score (nSPS) is 37.3. The Morgan fingerprint density at radius 3 is 2.62 bits per heavy atom. The summed E-state index contributed by atoms with van der Waals surface area (Å²) in [7, 11) is 0. The lowest BCUT2D eigenvalue weighted by Crippen LogP contribution is -2.43. The molecule has 2 aliphatic heterocycles. The smallest absolute Gasteiger partial charge is 0.0198 e. The largest absolute Gasteiger partial charge is 0.310 e. The van der Waals surface area contributed by atoms with Gasteiger partial charge in [-0.25, -0.2) is 0 Å². The summed E-state index contributed by atoms with van der Waals surface area (Å²) in [4.78, 5) is 2.73. The summed E-state index contributed by atoms with van der Waals surface area (Å²) in [6, 6.07) is 1.65. The molecular weight excluding hydrogens is 220 g/mol. The van der Waals surface area contributed by atoms with Crippen molar-refractivity contribution in [3.63, 3.8) is 0 Å². The highest BCUT2D eigenvalue weighted by molar-refractivity contribution is 5.85. The maximum Gasteiger partial charge on any atom is 0.0198 e. The van der Waals surface area contributed by atoms with E-state index in [1.54, 1.807) is 0 Å². The van der Waals surface area contributed by atoms with E-state index in [0.717, 1.165) is 12.1 Å². The van der Waals surface area contributed by atoms with Crippen LogP contribution in [0.25, 0.3) is 0 Å². The first-order valence-electron chi connectivity index (χ1n) is 6.72. The van der Waals surface area contributed by atoms with Crippen molar-refractivity contribution in [3.8, 4) is 0 Å². The van der Waals surface area contributed by atoms with E-state index in [-0.39, 0.29) is 12.4 Å². The van der Waals surface area contributed by atoms with Gasteiger partial charge in [0, 0.05) is 25.2 Å². The fourth-order valence-corrected chi connectivity index (χ4v) is 3.64. The van der Waals surface area contributed by atoms with E-state index in [0.29, 0.717) is 5.41 Å². The van der Waals surface area contributed by atoms with Crippen LogP contribution in [0.4, 0.5) is 0 Å². The Bertz CT molecular complexity index is 240. The molecule has 2 heterocycles. The average molecular weight is 245 g/mol. The van der Waals surface area contributed by atoms with Gasteiger partial charge in [0.15, 0.2) is 0 Å². The average Bonchev–Trinajstić information content (AvgIpc) is 2.48. The van der Waals surface area contributed by atoms with Crippen molar-refractivity contribution < 1.29 is 0 Å². The summed E-state index contributed by atoms with van der Waals surface area (Å²) >= 11 is 0. The van der Waals surface area contributed by atoms with Crippen molar-refractivity contribution in [1.82, 2.24) is 10.2 Å². The predicted octanol–water partition coefficient (Wildman–Crippen LogP) is 2.42. The second-order valence-corrected chi connectivity index (χ2v) is 6.33. The van der Waals surface area contributed by atoms with E-state index in [9.17, 15) is 0 Å². The minimum Gasteiger partial charge on any atom is -0.310 e. The first-order chi connectivity index (χ1) is 7.23. The molecule has 0 radical (unpaired) electrons. The number of hydrogen-bond donors (Lipinski definition) is 1. The molecule has 0 spiro atoms. The van der Waals surface area contributed by atoms with Gasteiger partial charge in [-0.15, -0.1) is 12.4 Å². The van der Waals surface area contributed by atoms with Gasteiger partial charge >= 0.3 is 0 Å². The number of nitrogens with zero attached hydrogens (tertiary/aromatic N) is 1. The molecule has 2 bridgehead atoms. The molecule has 0 aromatic rings. The molecule has 3 fully saturated rings. The monoisotopic (exact) mass is 244 g/mol. The van der Waals surface area contributed by atoms with Crippen LogP contribution in [0.1, 0.15) is 45.4 Å². The molecule has 2 saturated heterocycles. The molecule has 3 heteroatoms. The van der Waals surface area contributed by atoms with Crippen molar-refractivity contribution >= 4 is 12.4 Å². The van der Waals surface area contributed by atoms with Crippen LogP contribution in [0, 0.1) is 5.41 Å². The Labute approximate surface area is 106 Å². The third-order valence-electron chi connectivity index (χ3n) is 4.77. The number of fused-ring (bicyclic) bond motifs is 2. The van der Waals surface area contributed by atoms with Gasteiger partial charge < -0.3 is 10.2 Å². The highest BCUT2D eigenvalue weighted by Gasteiger charge is 2.36. The number of nitrogens with one attached hydrogen (secondary N) is 1. The summed E-state index contributed by atoms with van der Waals surface area (Å²) < 4.78 is 0. The van der Waals surface area contributed by atoms with Crippen LogP contribution >= 0.6 is 12.4 Å². The Kier molecular flexibility index (Phi) is 3.82. The minimum atomic E-state index is 0.